The smallest absolute Gasteiger partial charge is 0.315 e. The molecule has 0 radical (unpaired) electrons. The summed E-state index contributed by atoms with van der Waals surface area (Å²) in [5, 5.41) is 0.448. The number of nitrogens with zero attached hydrogens (tertiary/aromatic N) is 1. The van der Waals surface area contributed by atoms with Gasteiger partial charge in [-0.15, -0.1) is 0 Å². The predicted molar refractivity (Wildman–Crippen MR) is 102 cm³/mol. The zero-order valence-electron chi connectivity index (χ0n) is 15.4. The number of rotatable bonds is 6. The summed E-state index contributed by atoms with van der Waals surface area (Å²) in [6, 6.07) is 9.11. The Balaban J connectivity index is 2.03. The molecule has 2 aromatic rings. The molecule has 1 atom stereocenters. The standard InChI is InChI=1S/C21H24ClNO3/c1-4-7-14-12-18-16(21(25)26-13(2)3)10-11-23(18)19(14)20(24)15-8-5-6-9-17(15)22/h5-6,8-9,12-13,16H,4,7,10-11H2,1-3H3. The first kappa shape index (κ1) is 18.7. The highest BCUT2D eigenvalue weighted by Crippen LogP contribution is 2.36. The summed E-state index contributed by atoms with van der Waals surface area (Å²) in [4.78, 5) is 25.7. The van der Waals surface area contributed by atoms with Crippen molar-refractivity contribution in [2.24, 2.45) is 0 Å². The summed E-state index contributed by atoms with van der Waals surface area (Å²) in [5.74, 6) is -0.597. The van der Waals surface area contributed by atoms with Crippen LogP contribution in [0.5, 0.6) is 0 Å². The van der Waals surface area contributed by atoms with Crippen LogP contribution in [-0.4, -0.2) is 22.4 Å². The van der Waals surface area contributed by atoms with Gasteiger partial charge in [-0.3, -0.25) is 9.59 Å². The van der Waals surface area contributed by atoms with Crippen molar-refractivity contribution >= 4 is 23.4 Å². The quantitative estimate of drug-likeness (QED) is 0.541. The highest BCUT2D eigenvalue weighted by atomic mass is 35.5. The van der Waals surface area contributed by atoms with Crippen LogP contribution in [0.2, 0.25) is 5.02 Å². The molecule has 1 aromatic heterocycles. The summed E-state index contributed by atoms with van der Waals surface area (Å²) < 4.78 is 7.40. The second-order valence-corrected chi connectivity index (χ2v) is 7.39. The van der Waals surface area contributed by atoms with E-state index in [0.717, 1.165) is 24.1 Å². The van der Waals surface area contributed by atoms with E-state index in [9.17, 15) is 9.59 Å². The van der Waals surface area contributed by atoms with Gasteiger partial charge in [-0.05, 0) is 50.5 Å². The Labute approximate surface area is 159 Å². The minimum Gasteiger partial charge on any atom is -0.462 e. The molecule has 0 spiro atoms. The van der Waals surface area contributed by atoms with Crippen molar-refractivity contribution in [2.45, 2.75) is 58.6 Å². The lowest BCUT2D eigenvalue weighted by Crippen LogP contribution is -2.18. The van der Waals surface area contributed by atoms with Crippen molar-refractivity contribution in [3.63, 3.8) is 0 Å². The average Bonchev–Trinajstić information content (AvgIpc) is 3.13. The van der Waals surface area contributed by atoms with Gasteiger partial charge in [-0.25, -0.2) is 0 Å². The molecule has 1 unspecified atom stereocenters. The predicted octanol–water partition coefficient (Wildman–Crippen LogP) is 4.76. The number of ether oxygens (including phenoxy) is 1. The van der Waals surface area contributed by atoms with Crippen LogP contribution in [0, 0.1) is 0 Å². The van der Waals surface area contributed by atoms with Crippen LogP contribution in [0.4, 0.5) is 0 Å². The number of aryl methyl sites for hydroxylation is 1. The number of hydrogen-bond donors (Lipinski definition) is 0. The first-order valence-electron chi connectivity index (χ1n) is 9.16. The molecular formula is C21H24ClNO3. The molecule has 1 aromatic carbocycles. The number of carbonyl (C=O) groups is 2. The fraction of sp³-hybridized carbons (Fsp3) is 0.429. The fourth-order valence-electron chi connectivity index (χ4n) is 3.62. The topological polar surface area (TPSA) is 48.3 Å². The number of ketones is 1. The molecule has 0 saturated carbocycles. The lowest BCUT2D eigenvalue weighted by molar-refractivity contribution is -0.149. The van der Waals surface area contributed by atoms with Gasteiger partial charge in [0.15, 0.2) is 0 Å². The Morgan fingerprint density at radius 2 is 2.04 bits per heavy atom. The van der Waals surface area contributed by atoms with Crippen LogP contribution >= 0.6 is 11.6 Å². The third-order valence-electron chi connectivity index (χ3n) is 4.70. The van der Waals surface area contributed by atoms with Gasteiger partial charge in [0.25, 0.3) is 0 Å². The zero-order chi connectivity index (χ0) is 18.8. The first-order valence-corrected chi connectivity index (χ1v) is 9.53. The Morgan fingerprint density at radius 1 is 1.31 bits per heavy atom. The lowest BCUT2D eigenvalue weighted by Gasteiger charge is -2.12. The molecule has 0 aliphatic carbocycles. The second kappa shape index (κ2) is 7.67. The molecule has 3 rings (SSSR count). The second-order valence-electron chi connectivity index (χ2n) is 6.98. The number of fused-ring (bicyclic) bond motifs is 1. The van der Waals surface area contributed by atoms with E-state index in [0.29, 0.717) is 29.2 Å². The summed E-state index contributed by atoms with van der Waals surface area (Å²) in [6.45, 7) is 6.42. The van der Waals surface area contributed by atoms with E-state index in [-0.39, 0.29) is 23.8 Å². The first-order chi connectivity index (χ1) is 12.4. The van der Waals surface area contributed by atoms with Crippen molar-refractivity contribution in [2.75, 3.05) is 0 Å². The molecule has 0 amide bonds. The van der Waals surface area contributed by atoms with E-state index in [1.807, 2.05) is 36.6 Å². The number of benzene rings is 1. The van der Waals surface area contributed by atoms with E-state index in [4.69, 9.17) is 16.3 Å². The van der Waals surface area contributed by atoms with Crippen LogP contribution in [0.15, 0.2) is 30.3 Å². The normalized spacial score (nSPS) is 16.0. The van der Waals surface area contributed by atoms with Crippen LogP contribution in [-0.2, 0) is 22.5 Å². The van der Waals surface area contributed by atoms with Gasteiger partial charge >= 0.3 is 5.97 Å². The fourth-order valence-corrected chi connectivity index (χ4v) is 3.84. The van der Waals surface area contributed by atoms with E-state index < -0.39 is 0 Å². The van der Waals surface area contributed by atoms with E-state index in [2.05, 4.69) is 6.92 Å². The minimum absolute atomic E-state index is 0.0804. The van der Waals surface area contributed by atoms with Gasteiger partial charge in [0, 0.05) is 17.8 Å². The number of halogens is 1. The Kier molecular flexibility index (Phi) is 5.52. The maximum absolute atomic E-state index is 13.2. The Morgan fingerprint density at radius 3 is 2.69 bits per heavy atom. The number of aromatic nitrogens is 1. The minimum atomic E-state index is -0.305. The Hall–Kier alpha value is -2.07. The van der Waals surface area contributed by atoms with E-state index >= 15 is 0 Å². The number of esters is 1. The summed E-state index contributed by atoms with van der Waals surface area (Å²) >= 11 is 6.25. The largest absolute Gasteiger partial charge is 0.462 e. The van der Waals surface area contributed by atoms with Crippen molar-refractivity contribution < 1.29 is 14.3 Å². The van der Waals surface area contributed by atoms with E-state index in [1.54, 1.807) is 12.1 Å². The average molecular weight is 374 g/mol. The molecule has 2 heterocycles. The third kappa shape index (κ3) is 3.43. The summed E-state index contributed by atoms with van der Waals surface area (Å²) in [5.41, 5.74) is 3.03. The van der Waals surface area contributed by atoms with Gasteiger partial charge in [0.1, 0.15) is 0 Å². The molecule has 26 heavy (non-hydrogen) atoms. The number of hydrogen-bond acceptors (Lipinski definition) is 3. The van der Waals surface area contributed by atoms with Crippen molar-refractivity contribution in [3.8, 4) is 0 Å². The molecule has 1 aliphatic heterocycles. The molecule has 0 bridgehead atoms. The molecule has 1 aliphatic rings. The van der Waals surface area contributed by atoms with Crippen molar-refractivity contribution in [1.82, 2.24) is 4.57 Å². The van der Waals surface area contributed by atoms with Gasteiger partial charge < -0.3 is 9.30 Å². The molecule has 5 heteroatoms. The van der Waals surface area contributed by atoms with Crippen LogP contribution in [0.3, 0.4) is 0 Å². The van der Waals surface area contributed by atoms with Crippen molar-refractivity contribution in [3.05, 3.63) is 57.9 Å². The van der Waals surface area contributed by atoms with Crippen LogP contribution in [0.1, 0.15) is 66.8 Å². The van der Waals surface area contributed by atoms with Crippen molar-refractivity contribution in [1.29, 1.82) is 0 Å². The zero-order valence-corrected chi connectivity index (χ0v) is 16.2. The molecule has 0 saturated heterocycles. The molecule has 0 N–H and O–H groups in total. The maximum Gasteiger partial charge on any atom is 0.315 e. The molecule has 4 nitrogen and oxygen atoms in total. The van der Waals surface area contributed by atoms with Gasteiger partial charge in [0.2, 0.25) is 5.78 Å². The van der Waals surface area contributed by atoms with Crippen LogP contribution < -0.4 is 0 Å². The van der Waals surface area contributed by atoms with Gasteiger partial charge in [-0.1, -0.05) is 37.1 Å². The van der Waals surface area contributed by atoms with Crippen LogP contribution in [0.25, 0.3) is 0 Å². The highest BCUT2D eigenvalue weighted by Gasteiger charge is 2.35. The molecule has 0 fully saturated rings. The third-order valence-corrected chi connectivity index (χ3v) is 5.03. The SMILES string of the molecule is CCCc1cc2n(c1C(=O)c1ccccc1Cl)CCC2C(=O)OC(C)C. The summed E-state index contributed by atoms with van der Waals surface area (Å²) in [7, 11) is 0. The summed E-state index contributed by atoms with van der Waals surface area (Å²) in [6.07, 6.45) is 2.23. The van der Waals surface area contributed by atoms with E-state index in [1.165, 1.54) is 0 Å². The van der Waals surface area contributed by atoms with Gasteiger partial charge in [-0.2, -0.15) is 0 Å². The highest BCUT2D eigenvalue weighted by molar-refractivity contribution is 6.35. The monoisotopic (exact) mass is 373 g/mol. The number of carbonyl (C=O) groups excluding carboxylic acids is 2. The molecule has 138 valence electrons. The van der Waals surface area contributed by atoms with Gasteiger partial charge in [0.05, 0.1) is 22.7 Å². The maximum atomic E-state index is 13.2. The Bertz CT molecular complexity index is 838. The molecular weight excluding hydrogens is 350 g/mol. The lowest BCUT2D eigenvalue weighted by atomic mass is 10.00.